The molecule has 1 radical (unpaired) electrons. The fraction of sp³-hybridized carbons (Fsp3) is 0.150. The normalized spacial score (nSPS) is 15.4. The summed E-state index contributed by atoms with van der Waals surface area (Å²) >= 11 is 0. The minimum Gasteiger partial charge on any atom is -0.498 e. The molecule has 1 aliphatic rings. The molecule has 0 fully saturated rings. The summed E-state index contributed by atoms with van der Waals surface area (Å²) in [5, 5.41) is 1.31. The van der Waals surface area contributed by atoms with Gasteiger partial charge in [-0.15, -0.1) is 53.6 Å². The van der Waals surface area contributed by atoms with Gasteiger partial charge in [0.2, 0.25) is 0 Å². The second kappa shape index (κ2) is 14.0. The van der Waals surface area contributed by atoms with E-state index in [2.05, 4.69) is 47.8 Å². The molecule has 2 aromatic heterocycles. The van der Waals surface area contributed by atoms with E-state index in [1.54, 1.807) is 18.2 Å². The number of benzene rings is 4. The molecule has 7 rings (SSSR count). The second-order valence-electron chi connectivity index (χ2n) is 11.6. The first-order valence-corrected chi connectivity index (χ1v) is 18.0. The van der Waals surface area contributed by atoms with E-state index in [0.29, 0.717) is 22.6 Å². The van der Waals surface area contributed by atoms with Crippen LogP contribution in [0.1, 0.15) is 29.0 Å². The van der Waals surface area contributed by atoms with Crippen LogP contribution in [0.4, 0.5) is 17.1 Å². The van der Waals surface area contributed by atoms with Crippen LogP contribution in [0.2, 0.25) is 19.6 Å². The van der Waals surface area contributed by atoms with Crippen LogP contribution in [0, 0.1) is 32.7 Å². The molecule has 6 aromatic rings. The van der Waals surface area contributed by atoms with Crippen LogP contribution in [0.15, 0.2) is 116 Å². The maximum Gasteiger partial charge on any atom is 0.138 e. The van der Waals surface area contributed by atoms with Crippen molar-refractivity contribution >= 4 is 30.3 Å². The zero-order chi connectivity index (χ0) is 39.1. The van der Waals surface area contributed by atoms with Crippen LogP contribution in [0.3, 0.4) is 0 Å². The summed E-state index contributed by atoms with van der Waals surface area (Å²) < 4.78 is 75.2. The maximum absolute atomic E-state index is 7.89. The van der Waals surface area contributed by atoms with Gasteiger partial charge in [0.15, 0.2) is 0 Å². The first-order chi connectivity index (χ1) is 25.3. The van der Waals surface area contributed by atoms with Gasteiger partial charge in [-0.05, 0) is 60.1 Å². The Labute approximate surface area is 300 Å². The molecule has 0 amide bonds. The van der Waals surface area contributed by atoms with Gasteiger partial charge in [0.1, 0.15) is 5.75 Å². The molecule has 0 unspecified atom stereocenters. The fourth-order valence-corrected chi connectivity index (χ4v) is 5.97. The van der Waals surface area contributed by atoms with E-state index in [-0.39, 0.29) is 36.9 Å². The molecule has 4 nitrogen and oxygen atoms in total. The first-order valence-electron chi connectivity index (χ1n) is 19.0. The molecule has 4 aromatic carbocycles. The molecule has 0 saturated heterocycles. The van der Waals surface area contributed by atoms with Crippen molar-refractivity contribution in [3.63, 3.8) is 0 Å². The molecule has 0 spiro atoms. The summed E-state index contributed by atoms with van der Waals surface area (Å²) in [6.45, 7) is -0.471. The number of anilines is 3. The Bertz CT molecular complexity index is 2200. The Morgan fingerprint density at radius 1 is 0.739 bits per heavy atom. The summed E-state index contributed by atoms with van der Waals surface area (Å²) in [6, 6.07) is 37.4. The number of aryl methyl sites for hydroxylation is 3. The fourth-order valence-electron chi connectivity index (χ4n) is 4.94. The van der Waals surface area contributed by atoms with Crippen LogP contribution >= 0.6 is 0 Å². The van der Waals surface area contributed by atoms with Crippen LogP contribution in [0.5, 0.6) is 11.5 Å². The van der Waals surface area contributed by atoms with Gasteiger partial charge in [0, 0.05) is 56.2 Å². The molecule has 233 valence electrons. The molecule has 3 heterocycles. The predicted octanol–water partition coefficient (Wildman–Crippen LogP) is 10.1. The number of para-hydroxylation sites is 3. The van der Waals surface area contributed by atoms with E-state index in [1.807, 2.05) is 77.8 Å². The number of fused-ring (bicyclic) bond motifs is 2. The molecular weight excluding hydrogens is 759 g/mol. The van der Waals surface area contributed by atoms with Gasteiger partial charge in [-0.3, -0.25) is 0 Å². The topological polar surface area (TPSA) is 38.3 Å². The largest absolute Gasteiger partial charge is 0.498 e. The Morgan fingerprint density at radius 3 is 2.22 bits per heavy atom. The van der Waals surface area contributed by atoms with Crippen molar-refractivity contribution in [2.75, 3.05) is 4.90 Å². The monoisotopic (exact) mass is 805 g/mol. The first kappa shape index (κ1) is 23.0. The molecule has 0 atom stereocenters. The Kier molecular flexibility index (Phi) is 6.99. The zero-order valence-corrected chi connectivity index (χ0v) is 28.9. The van der Waals surface area contributed by atoms with E-state index in [0.717, 1.165) is 34.5 Å². The van der Waals surface area contributed by atoms with Gasteiger partial charge in [-0.25, -0.2) is 0 Å². The van der Waals surface area contributed by atoms with Gasteiger partial charge < -0.3 is 19.6 Å². The van der Waals surface area contributed by atoms with E-state index in [9.17, 15) is 0 Å². The Morgan fingerprint density at radius 2 is 1.52 bits per heavy atom. The van der Waals surface area contributed by atoms with Crippen molar-refractivity contribution in [3.05, 3.63) is 144 Å². The Hall–Kier alpha value is -4.35. The van der Waals surface area contributed by atoms with Gasteiger partial charge in [0.05, 0.1) is 19.5 Å². The average Bonchev–Trinajstić information content (AvgIpc) is 3.12. The number of hydrogen-bond donors (Lipinski definition) is 0. The maximum atomic E-state index is 7.89. The molecule has 0 aliphatic carbocycles. The van der Waals surface area contributed by atoms with Crippen molar-refractivity contribution in [1.29, 1.82) is 0 Å². The quantitative estimate of drug-likeness (QED) is 0.131. The van der Waals surface area contributed by atoms with E-state index >= 15 is 0 Å². The third kappa shape index (κ3) is 7.05. The number of rotatable bonds is 4. The molecule has 0 N–H and O–H groups in total. The van der Waals surface area contributed by atoms with Gasteiger partial charge in [-0.1, -0.05) is 86.2 Å². The van der Waals surface area contributed by atoms with Crippen molar-refractivity contribution in [3.8, 4) is 34.0 Å². The van der Waals surface area contributed by atoms with E-state index < -0.39 is 28.6 Å². The van der Waals surface area contributed by atoms with Crippen LogP contribution in [0.25, 0.3) is 22.5 Å². The molecule has 6 heteroatoms. The van der Waals surface area contributed by atoms with Crippen molar-refractivity contribution < 1.29 is 37.2 Å². The standard InChI is InChI=1S/C25H19N2O.C15H18NSi.Ir/c1-17-15-21(26-16-18(17)2)20-11-8-13-23-25(20)28-24-14-7-6-12-22(24)27(23)19-9-4-3-5-10-19;1-12-5-7-13(8-6-12)15-10-9-14(11-16-15)17(2,3)4;/h3-10,12-16H,1-2H3;5-7,9-11H,1-4H3;/q2*-1;/i1D3,2D3;1D3;. The molecule has 0 saturated carbocycles. The molecule has 0 bridgehead atoms. The number of aromatic nitrogens is 2. The van der Waals surface area contributed by atoms with Crippen LogP contribution in [-0.2, 0) is 20.1 Å². The molecule has 46 heavy (non-hydrogen) atoms. The van der Waals surface area contributed by atoms with E-state index in [1.165, 1.54) is 17.3 Å². The third-order valence-corrected chi connectivity index (χ3v) is 9.41. The molecule has 1 aliphatic heterocycles. The summed E-state index contributed by atoms with van der Waals surface area (Å²) in [5.74, 6) is 1.07. The van der Waals surface area contributed by atoms with Crippen LogP contribution < -0.4 is 14.8 Å². The van der Waals surface area contributed by atoms with Crippen molar-refractivity contribution in [2.24, 2.45) is 0 Å². The summed E-state index contributed by atoms with van der Waals surface area (Å²) in [7, 11) is -1.34. The van der Waals surface area contributed by atoms with Gasteiger partial charge in [0.25, 0.3) is 0 Å². The van der Waals surface area contributed by atoms with Crippen LogP contribution in [-0.4, -0.2) is 18.0 Å². The number of pyridine rings is 2. The second-order valence-corrected chi connectivity index (χ2v) is 16.7. The summed E-state index contributed by atoms with van der Waals surface area (Å²) in [4.78, 5) is 10.8. The van der Waals surface area contributed by atoms with E-state index in [4.69, 9.17) is 17.1 Å². The van der Waals surface area contributed by atoms with Gasteiger partial charge >= 0.3 is 0 Å². The molecular formula is C40H37IrN3OSi-2. The van der Waals surface area contributed by atoms with Crippen molar-refractivity contribution in [2.45, 2.75) is 40.2 Å². The average molecular weight is 805 g/mol. The Balaban J connectivity index is 0.000000237. The predicted molar refractivity (Wildman–Crippen MR) is 189 cm³/mol. The smallest absolute Gasteiger partial charge is 0.138 e. The van der Waals surface area contributed by atoms with Gasteiger partial charge in [-0.2, -0.15) is 0 Å². The third-order valence-electron chi connectivity index (χ3n) is 7.38. The summed E-state index contributed by atoms with van der Waals surface area (Å²) in [6.07, 6.45) is 3.04. The number of ether oxygens (including phenoxy) is 1. The SMILES string of the molecule is [2H]C([2H])([2H])c1c[c-]c(-c2ccc([Si](C)(C)C)cn2)cc1.[2H]C([2H])([2H])c1cnc(-c2[c-]ccc3c2Oc2ccccc2N3c2ccccc2)cc1C([2H])([2H])[2H].[Ir]. The van der Waals surface area contributed by atoms with Crippen molar-refractivity contribution in [1.82, 2.24) is 9.97 Å². The minimum absolute atomic E-state index is 0. The zero-order valence-electron chi connectivity index (χ0n) is 34.6. The summed E-state index contributed by atoms with van der Waals surface area (Å²) in [5.41, 5.74) is 4.61. The minimum atomic E-state index is -2.63. The number of nitrogens with zero attached hydrogens (tertiary/aromatic N) is 3. The number of hydrogen-bond acceptors (Lipinski definition) is 4.